The molecule has 3 aromatic rings. The van der Waals surface area contributed by atoms with Crippen LogP contribution < -0.4 is 20.1 Å². The van der Waals surface area contributed by atoms with Crippen molar-refractivity contribution in [2.24, 2.45) is 0 Å². The van der Waals surface area contributed by atoms with Crippen LogP contribution in [0.4, 0.5) is 11.4 Å². The highest BCUT2D eigenvalue weighted by Gasteiger charge is 2.20. The van der Waals surface area contributed by atoms with E-state index in [4.69, 9.17) is 9.47 Å². The summed E-state index contributed by atoms with van der Waals surface area (Å²) in [4.78, 5) is 26.5. The lowest BCUT2D eigenvalue weighted by Crippen LogP contribution is -2.17. The Morgan fingerprint density at radius 1 is 0.619 bits per heavy atom. The smallest absolute Gasteiger partial charge is 0.255 e. The Kier molecular flexibility index (Phi) is 10.1. The minimum Gasteiger partial charge on any atom is -0.487 e. The first-order chi connectivity index (χ1) is 19.5. The molecule has 3 rings (SSSR count). The predicted octanol–water partition coefficient (Wildman–Crippen LogP) is 8.70. The Morgan fingerprint density at radius 2 is 0.952 bits per heavy atom. The molecule has 0 aromatic heterocycles. The molecule has 0 radical (unpaired) electrons. The third-order valence-corrected chi connectivity index (χ3v) is 6.54. The molecule has 2 N–H and O–H groups in total. The number of hydrogen-bond donors (Lipinski definition) is 2. The number of rotatable bonds is 10. The van der Waals surface area contributed by atoms with Gasteiger partial charge in [0.1, 0.15) is 24.7 Å². The monoisotopic (exact) mass is 568 g/mol. The number of nitrogens with one attached hydrogen (secondary N) is 2. The van der Waals surface area contributed by atoms with Crippen molar-refractivity contribution in [2.45, 2.75) is 66.2 Å². The summed E-state index contributed by atoms with van der Waals surface area (Å²) in [6, 6.07) is 18.2. The van der Waals surface area contributed by atoms with Gasteiger partial charge < -0.3 is 20.1 Å². The van der Waals surface area contributed by atoms with Gasteiger partial charge in [0.25, 0.3) is 11.8 Å². The summed E-state index contributed by atoms with van der Waals surface area (Å²) in [5.41, 5.74) is 5.66. The second-order valence-electron chi connectivity index (χ2n) is 12.9. The molecular formula is C36H44N2O4. The first-order valence-electron chi connectivity index (χ1n) is 14.1. The largest absolute Gasteiger partial charge is 0.487 e. The third kappa shape index (κ3) is 8.84. The molecule has 42 heavy (non-hydrogen) atoms. The molecule has 6 nitrogen and oxygen atoms in total. The van der Waals surface area contributed by atoms with E-state index in [1.807, 2.05) is 50.2 Å². The maximum atomic E-state index is 13.2. The molecule has 0 unspecified atom stereocenters. The Balaban J connectivity index is 1.81. The molecule has 6 heteroatoms. The standard InChI is InChI=1S/C36H44N2O4/c1-23(2)21-41-31-17-15-27(35(5,6)7)19-29(31)37-33(39)25-11-13-26(14-12-25)34(40)38-30-20-28(36(8,9)10)16-18-32(30)42-22-24(3)4/h11-20H,1,3,21-22H2,2,4-10H3,(H,37,39)(H,38,40). The van der Waals surface area contributed by atoms with Gasteiger partial charge in [0.15, 0.2) is 0 Å². The Labute approximate surface area is 250 Å². The van der Waals surface area contributed by atoms with Crippen LogP contribution >= 0.6 is 0 Å². The van der Waals surface area contributed by atoms with Crippen LogP contribution in [0, 0.1) is 0 Å². The van der Waals surface area contributed by atoms with Gasteiger partial charge in [0, 0.05) is 11.1 Å². The predicted molar refractivity (Wildman–Crippen MR) is 173 cm³/mol. The number of amides is 2. The Bertz CT molecular complexity index is 1360. The molecule has 0 saturated heterocycles. The molecule has 0 fully saturated rings. The summed E-state index contributed by atoms with van der Waals surface area (Å²) in [5, 5.41) is 5.97. The van der Waals surface area contributed by atoms with E-state index in [0.29, 0.717) is 47.2 Å². The van der Waals surface area contributed by atoms with Crippen LogP contribution in [0.25, 0.3) is 0 Å². The average Bonchev–Trinajstić information content (AvgIpc) is 2.90. The summed E-state index contributed by atoms with van der Waals surface area (Å²) in [6.45, 7) is 24.9. The van der Waals surface area contributed by atoms with Crippen molar-refractivity contribution in [1.82, 2.24) is 0 Å². The van der Waals surface area contributed by atoms with Crippen LogP contribution in [-0.2, 0) is 10.8 Å². The first kappa shape index (κ1) is 32.2. The van der Waals surface area contributed by atoms with E-state index in [-0.39, 0.29) is 22.6 Å². The number of benzene rings is 3. The minimum absolute atomic E-state index is 0.108. The zero-order chi connectivity index (χ0) is 31.2. The number of carbonyl (C=O) groups excluding carboxylic acids is 2. The lowest BCUT2D eigenvalue weighted by Gasteiger charge is -2.22. The van der Waals surface area contributed by atoms with Crippen molar-refractivity contribution in [3.05, 3.63) is 107 Å². The molecule has 0 aliphatic heterocycles. The molecule has 0 saturated carbocycles. The second-order valence-corrected chi connectivity index (χ2v) is 12.9. The van der Waals surface area contributed by atoms with E-state index in [1.165, 1.54) is 0 Å². The lowest BCUT2D eigenvalue weighted by atomic mass is 9.86. The molecule has 0 atom stereocenters. The first-order valence-corrected chi connectivity index (χ1v) is 14.1. The van der Waals surface area contributed by atoms with Crippen LogP contribution in [0.2, 0.25) is 0 Å². The maximum absolute atomic E-state index is 13.2. The van der Waals surface area contributed by atoms with Gasteiger partial charge >= 0.3 is 0 Å². The summed E-state index contributed by atoms with van der Waals surface area (Å²) in [6.07, 6.45) is 0. The van der Waals surface area contributed by atoms with Gasteiger partial charge in [0.2, 0.25) is 0 Å². The van der Waals surface area contributed by atoms with Crippen LogP contribution in [-0.4, -0.2) is 25.0 Å². The van der Waals surface area contributed by atoms with Gasteiger partial charge in [-0.15, -0.1) is 0 Å². The molecule has 0 spiro atoms. The highest BCUT2D eigenvalue weighted by atomic mass is 16.5. The van der Waals surface area contributed by atoms with Crippen LogP contribution in [0.5, 0.6) is 11.5 Å². The van der Waals surface area contributed by atoms with E-state index in [9.17, 15) is 9.59 Å². The van der Waals surface area contributed by atoms with Crippen molar-refractivity contribution in [2.75, 3.05) is 23.8 Å². The second kappa shape index (κ2) is 13.1. The quantitative estimate of drug-likeness (QED) is 0.240. The maximum Gasteiger partial charge on any atom is 0.255 e. The van der Waals surface area contributed by atoms with Gasteiger partial charge in [0.05, 0.1) is 11.4 Å². The molecule has 0 bridgehead atoms. The van der Waals surface area contributed by atoms with E-state index < -0.39 is 0 Å². The SMILES string of the molecule is C=C(C)COc1ccc(C(C)(C)C)cc1NC(=O)c1ccc(C(=O)Nc2cc(C(C)(C)C)ccc2OCC(=C)C)cc1. The average molecular weight is 569 g/mol. The van der Waals surface area contributed by atoms with Crippen molar-refractivity contribution in [3.63, 3.8) is 0 Å². The summed E-state index contributed by atoms with van der Waals surface area (Å²) in [5.74, 6) is 0.526. The van der Waals surface area contributed by atoms with Crippen molar-refractivity contribution < 1.29 is 19.1 Å². The fourth-order valence-corrected chi connectivity index (χ4v) is 4.00. The van der Waals surface area contributed by atoms with Crippen molar-refractivity contribution >= 4 is 23.2 Å². The normalized spacial score (nSPS) is 11.4. The van der Waals surface area contributed by atoms with Gasteiger partial charge in [-0.1, -0.05) is 66.8 Å². The van der Waals surface area contributed by atoms with Gasteiger partial charge in [-0.05, 0) is 95.5 Å². The number of anilines is 2. The summed E-state index contributed by atoms with van der Waals surface area (Å²) < 4.78 is 11.8. The zero-order valence-electron chi connectivity index (χ0n) is 26.2. The molecule has 2 amide bonds. The summed E-state index contributed by atoms with van der Waals surface area (Å²) in [7, 11) is 0. The van der Waals surface area contributed by atoms with E-state index in [2.05, 4.69) is 65.3 Å². The zero-order valence-corrected chi connectivity index (χ0v) is 26.2. The van der Waals surface area contributed by atoms with Gasteiger partial charge in [-0.25, -0.2) is 0 Å². The van der Waals surface area contributed by atoms with Crippen LogP contribution in [0.1, 0.15) is 87.2 Å². The molecule has 3 aromatic carbocycles. The fourth-order valence-electron chi connectivity index (χ4n) is 4.00. The lowest BCUT2D eigenvalue weighted by molar-refractivity contribution is 0.101. The molecular weight excluding hydrogens is 524 g/mol. The minimum atomic E-state index is -0.304. The third-order valence-electron chi connectivity index (χ3n) is 6.54. The van der Waals surface area contributed by atoms with Crippen molar-refractivity contribution in [3.8, 4) is 11.5 Å². The highest BCUT2D eigenvalue weighted by Crippen LogP contribution is 2.33. The molecule has 0 heterocycles. The van der Waals surface area contributed by atoms with Crippen molar-refractivity contribution in [1.29, 1.82) is 0 Å². The fraction of sp³-hybridized carbons (Fsp3) is 0.333. The number of hydrogen-bond acceptors (Lipinski definition) is 4. The van der Waals surface area contributed by atoms with Crippen LogP contribution in [0.3, 0.4) is 0 Å². The Hall–Kier alpha value is -4.32. The Morgan fingerprint density at radius 3 is 1.24 bits per heavy atom. The molecule has 222 valence electrons. The van der Waals surface area contributed by atoms with Gasteiger partial charge in [-0.3, -0.25) is 9.59 Å². The van der Waals surface area contributed by atoms with E-state index >= 15 is 0 Å². The number of ether oxygens (including phenoxy) is 2. The van der Waals surface area contributed by atoms with E-state index in [0.717, 1.165) is 22.3 Å². The topological polar surface area (TPSA) is 76.7 Å². The molecule has 0 aliphatic rings. The summed E-state index contributed by atoms with van der Waals surface area (Å²) >= 11 is 0. The number of carbonyl (C=O) groups is 2. The van der Waals surface area contributed by atoms with Gasteiger partial charge in [-0.2, -0.15) is 0 Å². The van der Waals surface area contributed by atoms with Crippen LogP contribution in [0.15, 0.2) is 85.0 Å². The van der Waals surface area contributed by atoms with E-state index in [1.54, 1.807) is 24.3 Å². The molecule has 0 aliphatic carbocycles. The highest BCUT2D eigenvalue weighted by molar-refractivity contribution is 6.08.